The lowest BCUT2D eigenvalue weighted by atomic mass is 10.1. The lowest BCUT2D eigenvalue weighted by molar-refractivity contribution is -0.385. The van der Waals surface area contributed by atoms with E-state index in [2.05, 4.69) is 0 Å². The molecule has 0 saturated heterocycles. The predicted octanol–water partition coefficient (Wildman–Crippen LogP) is 2.69. The first-order valence-corrected chi connectivity index (χ1v) is 6.06. The molecule has 0 fully saturated rings. The Labute approximate surface area is 117 Å². The third-order valence-corrected chi connectivity index (χ3v) is 3.21. The van der Waals surface area contributed by atoms with Crippen LogP contribution in [0.2, 0.25) is 0 Å². The molecule has 3 aromatic rings. The number of pyridine rings is 1. The number of nitro benzene ring substituents is 1. The van der Waals surface area contributed by atoms with Crippen LogP contribution in [0.15, 0.2) is 52.0 Å². The minimum atomic E-state index is -0.719. The van der Waals surface area contributed by atoms with Crippen molar-refractivity contribution in [2.75, 3.05) is 0 Å². The van der Waals surface area contributed by atoms with Gasteiger partial charge in [0.05, 0.1) is 28.7 Å². The minimum absolute atomic E-state index is 0.132. The van der Waals surface area contributed by atoms with E-state index in [1.165, 1.54) is 35.2 Å². The zero-order chi connectivity index (χ0) is 15.0. The van der Waals surface area contributed by atoms with E-state index in [4.69, 9.17) is 4.42 Å². The largest absolute Gasteiger partial charge is 0.464 e. The maximum absolute atomic E-state index is 13.8. The third kappa shape index (κ3) is 2.18. The highest BCUT2D eigenvalue weighted by Gasteiger charge is 2.18. The average Bonchev–Trinajstić information content (AvgIpc) is 2.92. The summed E-state index contributed by atoms with van der Waals surface area (Å²) in [6.07, 6.45) is 2.80. The number of hydrogen-bond donors (Lipinski definition) is 0. The number of benzene rings is 1. The smallest absolute Gasteiger partial charge is 0.277 e. The van der Waals surface area contributed by atoms with Crippen molar-refractivity contribution in [1.29, 1.82) is 0 Å². The maximum atomic E-state index is 13.8. The molecule has 1 aromatic carbocycles. The molecule has 2 heterocycles. The third-order valence-electron chi connectivity index (χ3n) is 3.21. The second-order valence-corrected chi connectivity index (χ2v) is 4.44. The fourth-order valence-electron chi connectivity index (χ4n) is 2.18. The number of aromatic nitrogens is 1. The summed E-state index contributed by atoms with van der Waals surface area (Å²) in [6, 6.07) is 6.66. The van der Waals surface area contributed by atoms with Gasteiger partial charge in [0.15, 0.2) is 0 Å². The van der Waals surface area contributed by atoms with Gasteiger partial charge in [-0.15, -0.1) is 0 Å². The van der Waals surface area contributed by atoms with Crippen LogP contribution in [0, 0.1) is 15.9 Å². The fraction of sp³-hybridized carbons (Fsp3) is 0.0714. The first kappa shape index (κ1) is 13.0. The Hall–Kier alpha value is -2.96. The number of fused-ring (bicyclic) bond motifs is 1. The summed E-state index contributed by atoms with van der Waals surface area (Å²) in [5.74, 6) is -0.719. The average molecular weight is 288 g/mol. The maximum Gasteiger partial charge on any atom is 0.277 e. The molecule has 0 aliphatic carbocycles. The van der Waals surface area contributed by atoms with Crippen molar-refractivity contribution in [2.24, 2.45) is 0 Å². The number of halogens is 1. The summed E-state index contributed by atoms with van der Waals surface area (Å²) < 4.78 is 20.1. The van der Waals surface area contributed by atoms with E-state index < -0.39 is 10.7 Å². The first-order valence-electron chi connectivity index (χ1n) is 6.06. The standard InChI is InChI=1S/C14H9FN2O4/c15-11-2-1-3-12(17(19)20)10(11)8-16-6-4-13-9(14(16)18)5-7-21-13/h1-7H,8H2. The molecule has 21 heavy (non-hydrogen) atoms. The van der Waals surface area contributed by atoms with Gasteiger partial charge in [-0.05, 0) is 18.2 Å². The van der Waals surface area contributed by atoms with Crippen LogP contribution in [0.5, 0.6) is 0 Å². The first-order chi connectivity index (χ1) is 10.1. The number of furan rings is 1. The van der Waals surface area contributed by atoms with Crippen molar-refractivity contribution in [1.82, 2.24) is 4.57 Å². The topological polar surface area (TPSA) is 78.3 Å². The van der Waals surface area contributed by atoms with Gasteiger partial charge in [0.1, 0.15) is 11.4 Å². The molecule has 0 spiro atoms. The van der Waals surface area contributed by atoms with Crippen molar-refractivity contribution in [3.8, 4) is 0 Å². The van der Waals surface area contributed by atoms with Gasteiger partial charge in [0, 0.05) is 12.3 Å². The van der Waals surface area contributed by atoms with Crippen LogP contribution >= 0.6 is 0 Å². The molecule has 3 rings (SSSR count). The molecule has 0 radical (unpaired) electrons. The molecule has 0 saturated carbocycles. The van der Waals surface area contributed by atoms with Crippen molar-refractivity contribution in [3.05, 3.63) is 74.6 Å². The van der Waals surface area contributed by atoms with Gasteiger partial charge < -0.3 is 8.98 Å². The SMILES string of the molecule is O=c1c2ccoc2ccn1Cc1c(F)cccc1[N+](=O)[O-]. The van der Waals surface area contributed by atoms with Crippen LogP contribution in [-0.4, -0.2) is 9.49 Å². The second-order valence-electron chi connectivity index (χ2n) is 4.44. The fourth-order valence-corrected chi connectivity index (χ4v) is 2.18. The van der Waals surface area contributed by atoms with Gasteiger partial charge >= 0.3 is 0 Å². The molecule has 106 valence electrons. The van der Waals surface area contributed by atoms with Crippen LogP contribution in [0.3, 0.4) is 0 Å². The van der Waals surface area contributed by atoms with E-state index in [0.29, 0.717) is 11.0 Å². The molecule has 0 aliphatic heterocycles. The molecule has 0 unspecified atom stereocenters. The van der Waals surface area contributed by atoms with Gasteiger partial charge in [-0.1, -0.05) is 6.07 Å². The number of nitro groups is 1. The van der Waals surface area contributed by atoms with E-state index in [-0.39, 0.29) is 23.4 Å². The van der Waals surface area contributed by atoms with Crippen LogP contribution in [0.1, 0.15) is 5.56 Å². The van der Waals surface area contributed by atoms with Crippen LogP contribution < -0.4 is 5.56 Å². The molecule has 0 aliphatic rings. The summed E-state index contributed by atoms with van der Waals surface area (Å²) in [4.78, 5) is 22.5. The highest BCUT2D eigenvalue weighted by Crippen LogP contribution is 2.22. The lowest BCUT2D eigenvalue weighted by Crippen LogP contribution is -2.20. The highest BCUT2D eigenvalue weighted by atomic mass is 19.1. The van der Waals surface area contributed by atoms with Crippen LogP contribution in [0.25, 0.3) is 11.0 Å². The van der Waals surface area contributed by atoms with E-state index in [1.807, 2.05) is 0 Å². The van der Waals surface area contributed by atoms with E-state index in [1.54, 1.807) is 6.07 Å². The zero-order valence-electron chi connectivity index (χ0n) is 10.7. The van der Waals surface area contributed by atoms with Gasteiger partial charge in [-0.2, -0.15) is 0 Å². The second kappa shape index (κ2) is 4.86. The van der Waals surface area contributed by atoms with E-state index >= 15 is 0 Å². The van der Waals surface area contributed by atoms with Gasteiger partial charge in [0.2, 0.25) is 0 Å². The number of nitrogens with zero attached hydrogens (tertiary/aromatic N) is 2. The predicted molar refractivity (Wildman–Crippen MR) is 72.6 cm³/mol. The molecular formula is C14H9FN2O4. The summed E-state index contributed by atoms with van der Waals surface area (Å²) in [5, 5.41) is 11.3. The molecule has 2 aromatic heterocycles. The normalized spacial score (nSPS) is 10.9. The molecule has 0 atom stereocenters. The Morgan fingerprint density at radius 3 is 2.86 bits per heavy atom. The van der Waals surface area contributed by atoms with Gasteiger partial charge in [-0.3, -0.25) is 14.9 Å². The summed E-state index contributed by atoms with van der Waals surface area (Å²) in [6.45, 7) is -0.219. The molecule has 0 bridgehead atoms. The lowest BCUT2D eigenvalue weighted by Gasteiger charge is -2.07. The van der Waals surface area contributed by atoms with Crippen molar-refractivity contribution < 1.29 is 13.7 Å². The Morgan fingerprint density at radius 1 is 1.29 bits per heavy atom. The Morgan fingerprint density at radius 2 is 2.10 bits per heavy atom. The van der Waals surface area contributed by atoms with Crippen LogP contribution in [0.4, 0.5) is 10.1 Å². The quantitative estimate of drug-likeness (QED) is 0.548. The Balaban J connectivity index is 2.13. The van der Waals surface area contributed by atoms with Gasteiger partial charge in [0.25, 0.3) is 11.2 Å². The van der Waals surface area contributed by atoms with Crippen molar-refractivity contribution >= 4 is 16.7 Å². The molecule has 6 nitrogen and oxygen atoms in total. The number of rotatable bonds is 3. The van der Waals surface area contributed by atoms with Crippen LogP contribution in [-0.2, 0) is 6.54 Å². The van der Waals surface area contributed by atoms with E-state index in [0.717, 1.165) is 6.07 Å². The molecule has 0 amide bonds. The molecular weight excluding hydrogens is 279 g/mol. The summed E-state index contributed by atoms with van der Waals surface area (Å²) in [7, 11) is 0. The Kier molecular flexibility index (Phi) is 3.02. The summed E-state index contributed by atoms with van der Waals surface area (Å²) >= 11 is 0. The van der Waals surface area contributed by atoms with Crippen molar-refractivity contribution in [3.63, 3.8) is 0 Å². The molecule has 0 N–H and O–H groups in total. The zero-order valence-corrected chi connectivity index (χ0v) is 10.7. The minimum Gasteiger partial charge on any atom is -0.464 e. The van der Waals surface area contributed by atoms with E-state index in [9.17, 15) is 19.3 Å². The van der Waals surface area contributed by atoms with Gasteiger partial charge in [-0.25, -0.2) is 4.39 Å². The Bertz CT molecular complexity index is 897. The summed E-state index contributed by atoms with van der Waals surface area (Å²) in [5.41, 5.74) is -0.459. The number of hydrogen-bond acceptors (Lipinski definition) is 4. The highest BCUT2D eigenvalue weighted by molar-refractivity contribution is 5.75. The molecule has 7 heteroatoms. The monoisotopic (exact) mass is 288 g/mol. The van der Waals surface area contributed by atoms with Crippen molar-refractivity contribution in [2.45, 2.75) is 6.54 Å².